The van der Waals surface area contributed by atoms with Gasteiger partial charge >= 0.3 is 0 Å². The molecule has 1 saturated heterocycles. The number of nitrogens with one attached hydrogen (secondary N) is 1. The lowest BCUT2D eigenvalue weighted by Gasteiger charge is -2.30. The number of hydrogen-bond acceptors (Lipinski definition) is 3. The zero-order chi connectivity index (χ0) is 27.7. The molecular formula is C34H34N6O. The van der Waals surface area contributed by atoms with E-state index in [1.165, 1.54) is 40.3 Å². The maximum atomic E-state index is 13.3. The monoisotopic (exact) mass is 542 g/mol. The van der Waals surface area contributed by atoms with E-state index in [0.29, 0.717) is 18.0 Å². The topological polar surface area (TPSA) is 84.3 Å². The molecule has 5 heterocycles. The minimum Gasteiger partial charge on any atom is -0.361 e. The van der Waals surface area contributed by atoms with Crippen LogP contribution in [0.3, 0.4) is 0 Å². The molecule has 41 heavy (non-hydrogen) atoms. The predicted octanol–water partition coefficient (Wildman–Crippen LogP) is 6.39. The Kier molecular flexibility index (Phi) is 5.57. The number of H-pyrrole nitrogens is 1. The molecule has 1 saturated carbocycles. The molecule has 3 N–H and O–H groups in total. The number of benzene rings is 2. The van der Waals surface area contributed by atoms with Crippen molar-refractivity contribution >= 4 is 33.2 Å². The summed E-state index contributed by atoms with van der Waals surface area (Å²) in [6, 6.07) is 21.8. The second-order valence-corrected chi connectivity index (χ2v) is 12.0. The molecule has 0 spiro atoms. The van der Waals surface area contributed by atoms with E-state index >= 15 is 0 Å². The predicted molar refractivity (Wildman–Crippen MR) is 164 cm³/mol. The molecule has 0 radical (unpaired) electrons. The maximum absolute atomic E-state index is 13.3. The Labute approximate surface area is 238 Å². The first-order valence-electron chi connectivity index (χ1n) is 14.8. The second kappa shape index (κ2) is 9.35. The second-order valence-electron chi connectivity index (χ2n) is 12.0. The van der Waals surface area contributed by atoms with Crippen molar-refractivity contribution in [3.05, 3.63) is 84.2 Å². The number of carbonyl (C=O) groups is 1. The number of aryl methyl sites for hydroxylation is 1. The first-order valence-corrected chi connectivity index (χ1v) is 14.8. The van der Waals surface area contributed by atoms with E-state index in [2.05, 4.69) is 65.0 Å². The average molecular weight is 543 g/mol. The van der Waals surface area contributed by atoms with Crippen molar-refractivity contribution in [2.75, 3.05) is 13.1 Å². The van der Waals surface area contributed by atoms with Crippen molar-refractivity contribution < 1.29 is 4.79 Å². The molecule has 6 aromatic rings. The van der Waals surface area contributed by atoms with Crippen molar-refractivity contribution in [1.29, 1.82) is 0 Å². The molecule has 1 aliphatic heterocycles. The number of amides is 1. The molecular weight excluding hydrogens is 508 g/mol. The Morgan fingerprint density at radius 1 is 0.976 bits per heavy atom. The van der Waals surface area contributed by atoms with Crippen molar-refractivity contribution in [2.24, 2.45) is 11.7 Å². The van der Waals surface area contributed by atoms with Gasteiger partial charge in [-0.2, -0.15) is 5.10 Å². The van der Waals surface area contributed by atoms with Crippen LogP contribution >= 0.6 is 0 Å². The van der Waals surface area contributed by atoms with Crippen molar-refractivity contribution in [1.82, 2.24) is 24.1 Å². The molecule has 7 heteroatoms. The molecule has 206 valence electrons. The summed E-state index contributed by atoms with van der Waals surface area (Å²) in [5.74, 6) is 0.742. The van der Waals surface area contributed by atoms with Gasteiger partial charge in [0.1, 0.15) is 5.69 Å². The van der Waals surface area contributed by atoms with Gasteiger partial charge in [0, 0.05) is 60.1 Å². The van der Waals surface area contributed by atoms with E-state index in [9.17, 15) is 4.79 Å². The van der Waals surface area contributed by atoms with Gasteiger partial charge in [-0.25, -0.2) is 4.52 Å². The van der Waals surface area contributed by atoms with Gasteiger partial charge in [0.2, 0.25) is 0 Å². The summed E-state index contributed by atoms with van der Waals surface area (Å²) in [4.78, 5) is 18.5. The van der Waals surface area contributed by atoms with Crippen LogP contribution in [0.15, 0.2) is 73.1 Å². The van der Waals surface area contributed by atoms with Gasteiger partial charge in [-0.05, 0) is 97.5 Å². The van der Waals surface area contributed by atoms with Crippen LogP contribution in [-0.2, 0) is 6.54 Å². The average Bonchev–Trinajstić information content (AvgIpc) is 3.42. The van der Waals surface area contributed by atoms with E-state index < -0.39 is 0 Å². The molecule has 2 aromatic carbocycles. The van der Waals surface area contributed by atoms with Crippen LogP contribution in [0.1, 0.15) is 41.6 Å². The molecule has 8 rings (SSSR count). The first kappa shape index (κ1) is 24.4. The molecule has 2 fully saturated rings. The fourth-order valence-corrected chi connectivity index (χ4v) is 6.54. The Hall–Kier alpha value is -4.36. The fraction of sp³-hybridized carbons (Fsp3) is 0.294. The van der Waals surface area contributed by atoms with Crippen molar-refractivity contribution in [3.63, 3.8) is 0 Å². The largest absolute Gasteiger partial charge is 0.361 e. The maximum Gasteiger partial charge on any atom is 0.255 e. The number of hydrogen-bond donors (Lipinski definition) is 2. The normalized spacial score (nSPS) is 17.7. The lowest BCUT2D eigenvalue weighted by molar-refractivity contribution is 0.0708. The highest BCUT2D eigenvalue weighted by molar-refractivity contribution is 5.95. The van der Waals surface area contributed by atoms with Crippen LogP contribution in [0.25, 0.3) is 49.8 Å². The fourth-order valence-electron chi connectivity index (χ4n) is 6.54. The number of aromatic amines is 1. The zero-order valence-corrected chi connectivity index (χ0v) is 23.3. The van der Waals surface area contributed by atoms with Gasteiger partial charge in [-0.1, -0.05) is 18.2 Å². The SMILES string of the molecule is Cc1c(-c2cc3ccc(-c4ccc5[nH]ccc5c4)cc3n2CC2CC2)nn2cc(C(=O)N3CCC[C@@H](N)C3)ccc12. The van der Waals surface area contributed by atoms with E-state index in [1.807, 2.05) is 33.9 Å². The summed E-state index contributed by atoms with van der Waals surface area (Å²) < 4.78 is 4.36. The van der Waals surface area contributed by atoms with E-state index in [4.69, 9.17) is 10.8 Å². The smallest absolute Gasteiger partial charge is 0.255 e. The standard InChI is InChI=1S/C34H34N6O/c1-21-30-11-9-27(34(41)38-14-2-3-28(35)20-38)19-40(30)37-33(21)32-17-26-7-6-24(16-31(26)39(32)18-22-4-5-22)23-8-10-29-25(15-23)12-13-36-29/h6-13,15-17,19,22,28,36H,2-5,14,18,20,35H2,1H3/t28-/m1/s1. The summed E-state index contributed by atoms with van der Waals surface area (Å²) in [6.07, 6.45) is 8.36. The highest BCUT2D eigenvalue weighted by Gasteiger charge is 2.27. The Balaban J connectivity index is 1.21. The number of likely N-dealkylation sites (tertiary alicyclic amines) is 1. The van der Waals surface area contributed by atoms with Gasteiger partial charge < -0.3 is 20.2 Å². The van der Waals surface area contributed by atoms with Crippen LogP contribution in [0, 0.1) is 12.8 Å². The van der Waals surface area contributed by atoms with E-state index in [0.717, 1.165) is 53.9 Å². The number of fused-ring (bicyclic) bond motifs is 3. The lowest BCUT2D eigenvalue weighted by atomic mass is 10.0. The van der Waals surface area contributed by atoms with Gasteiger partial charge in [0.05, 0.1) is 16.8 Å². The van der Waals surface area contributed by atoms with Crippen LogP contribution in [0.5, 0.6) is 0 Å². The number of nitrogens with zero attached hydrogens (tertiary/aromatic N) is 4. The third-order valence-corrected chi connectivity index (χ3v) is 9.04. The van der Waals surface area contributed by atoms with Gasteiger partial charge in [-0.3, -0.25) is 4.79 Å². The Morgan fingerprint density at radius 3 is 2.68 bits per heavy atom. The number of rotatable bonds is 5. The number of carbonyl (C=O) groups excluding carboxylic acids is 1. The minimum atomic E-state index is 0.0324. The van der Waals surface area contributed by atoms with Crippen molar-refractivity contribution in [2.45, 2.75) is 45.2 Å². The lowest BCUT2D eigenvalue weighted by Crippen LogP contribution is -2.45. The van der Waals surface area contributed by atoms with E-state index in [-0.39, 0.29) is 11.9 Å². The third kappa shape index (κ3) is 4.23. The summed E-state index contributed by atoms with van der Waals surface area (Å²) in [6.45, 7) is 4.50. The highest BCUT2D eigenvalue weighted by atomic mass is 16.2. The quantitative estimate of drug-likeness (QED) is 0.265. The van der Waals surface area contributed by atoms with Gasteiger partial charge in [0.25, 0.3) is 5.91 Å². The molecule has 7 nitrogen and oxygen atoms in total. The van der Waals surface area contributed by atoms with Crippen LogP contribution in [-0.4, -0.2) is 49.1 Å². The number of aromatic nitrogens is 4. The first-order chi connectivity index (χ1) is 20.0. The summed E-state index contributed by atoms with van der Waals surface area (Å²) in [5.41, 5.74) is 15.9. The summed E-state index contributed by atoms with van der Waals surface area (Å²) >= 11 is 0. The highest BCUT2D eigenvalue weighted by Crippen LogP contribution is 2.38. The van der Waals surface area contributed by atoms with Gasteiger partial charge in [-0.15, -0.1) is 0 Å². The molecule has 1 aliphatic carbocycles. The number of pyridine rings is 1. The Bertz CT molecular complexity index is 1950. The minimum absolute atomic E-state index is 0.0324. The van der Waals surface area contributed by atoms with Gasteiger partial charge in [0.15, 0.2) is 0 Å². The summed E-state index contributed by atoms with van der Waals surface area (Å²) in [7, 11) is 0. The molecule has 2 aliphatic rings. The zero-order valence-electron chi connectivity index (χ0n) is 23.3. The summed E-state index contributed by atoms with van der Waals surface area (Å²) in [5, 5.41) is 7.52. The number of nitrogens with two attached hydrogens (primary N) is 1. The molecule has 0 unspecified atom stereocenters. The van der Waals surface area contributed by atoms with E-state index in [1.54, 1.807) is 0 Å². The molecule has 4 aromatic heterocycles. The molecule has 1 atom stereocenters. The molecule has 0 bridgehead atoms. The van der Waals surface area contributed by atoms with Crippen molar-refractivity contribution in [3.8, 4) is 22.5 Å². The molecule has 1 amide bonds. The third-order valence-electron chi connectivity index (χ3n) is 9.04. The van der Waals surface area contributed by atoms with Crippen LogP contribution in [0.2, 0.25) is 0 Å². The van der Waals surface area contributed by atoms with Crippen LogP contribution in [0.4, 0.5) is 0 Å². The number of piperidine rings is 1. The Morgan fingerprint density at radius 2 is 1.83 bits per heavy atom. The van der Waals surface area contributed by atoms with Crippen LogP contribution < -0.4 is 5.73 Å².